The Kier molecular flexibility index (Phi) is 6.52. The molecular formula is C18H29NO2. The summed E-state index contributed by atoms with van der Waals surface area (Å²) in [6.45, 7) is 5.38. The van der Waals surface area contributed by atoms with E-state index in [0.29, 0.717) is 18.2 Å². The minimum atomic E-state index is 0.313. The topological polar surface area (TPSA) is 30.5 Å². The number of hydrogen-bond acceptors (Lipinski definition) is 3. The summed E-state index contributed by atoms with van der Waals surface area (Å²) in [4.78, 5) is 0. The van der Waals surface area contributed by atoms with Crippen LogP contribution in [0.15, 0.2) is 24.3 Å². The molecule has 1 aromatic carbocycles. The van der Waals surface area contributed by atoms with E-state index in [1.807, 2.05) is 0 Å². The number of hydrogen-bond donors (Lipinski definition) is 1. The van der Waals surface area contributed by atoms with Gasteiger partial charge >= 0.3 is 0 Å². The van der Waals surface area contributed by atoms with Crippen LogP contribution in [0.2, 0.25) is 0 Å². The molecular weight excluding hydrogens is 262 g/mol. The van der Waals surface area contributed by atoms with Crippen LogP contribution in [0.3, 0.4) is 0 Å². The number of methoxy groups -OCH3 is 1. The van der Waals surface area contributed by atoms with Crippen molar-refractivity contribution in [3.63, 3.8) is 0 Å². The Balaban J connectivity index is 1.93. The van der Waals surface area contributed by atoms with Crippen LogP contribution in [0.1, 0.15) is 57.6 Å². The van der Waals surface area contributed by atoms with E-state index in [-0.39, 0.29) is 0 Å². The third-order valence-electron chi connectivity index (χ3n) is 4.01. The summed E-state index contributed by atoms with van der Waals surface area (Å²) in [6.07, 6.45) is 6.50. The third-order valence-corrected chi connectivity index (χ3v) is 4.01. The molecule has 0 saturated heterocycles. The van der Waals surface area contributed by atoms with Gasteiger partial charge in [-0.05, 0) is 63.3 Å². The highest BCUT2D eigenvalue weighted by molar-refractivity contribution is 5.29. The van der Waals surface area contributed by atoms with Crippen molar-refractivity contribution >= 4 is 0 Å². The first-order chi connectivity index (χ1) is 10.2. The second-order valence-electron chi connectivity index (χ2n) is 6.02. The highest BCUT2D eigenvalue weighted by atomic mass is 16.5. The number of rotatable bonds is 10. The fourth-order valence-corrected chi connectivity index (χ4v) is 2.38. The van der Waals surface area contributed by atoms with Crippen LogP contribution >= 0.6 is 0 Å². The molecule has 1 aromatic rings. The fourth-order valence-electron chi connectivity index (χ4n) is 2.38. The molecule has 1 N–H and O–H groups in total. The van der Waals surface area contributed by atoms with Gasteiger partial charge in [0.05, 0.1) is 12.2 Å². The van der Waals surface area contributed by atoms with Crippen molar-refractivity contribution in [2.45, 2.75) is 64.2 Å². The van der Waals surface area contributed by atoms with Gasteiger partial charge < -0.3 is 14.8 Å². The van der Waals surface area contributed by atoms with Crippen LogP contribution in [-0.2, 0) is 4.74 Å². The van der Waals surface area contributed by atoms with Gasteiger partial charge in [-0.25, -0.2) is 0 Å². The van der Waals surface area contributed by atoms with Crippen molar-refractivity contribution in [2.24, 2.45) is 0 Å². The zero-order valence-electron chi connectivity index (χ0n) is 13.6. The molecule has 0 heterocycles. The van der Waals surface area contributed by atoms with Crippen molar-refractivity contribution in [3.8, 4) is 5.75 Å². The lowest BCUT2D eigenvalue weighted by Gasteiger charge is -2.21. The predicted molar refractivity (Wildman–Crippen MR) is 86.8 cm³/mol. The van der Waals surface area contributed by atoms with Crippen molar-refractivity contribution in [3.05, 3.63) is 29.8 Å². The summed E-state index contributed by atoms with van der Waals surface area (Å²) in [5.74, 6) is 1.00. The summed E-state index contributed by atoms with van der Waals surface area (Å²) in [6, 6.07) is 9.00. The van der Waals surface area contributed by atoms with Crippen LogP contribution < -0.4 is 10.1 Å². The maximum absolute atomic E-state index is 5.82. The summed E-state index contributed by atoms with van der Waals surface area (Å²) < 4.78 is 11.2. The monoisotopic (exact) mass is 291 g/mol. The molecule has 3 nitrogen and oxygen atoms in total. The Hall–Kier alpha value is -1.06. The molecule has 2 unspecified atom stereocenters. The van der Waals surface area contributed by atoms with Crippen LogP contribution in [0, 0.1) is 0 Å². The SMILES string of the molecule is CCCNC(CCC(C)OC)c1ccc(OC2CC2)cc1. The first kappa shape index (κ1) is 16.3. The minimum Gasteiger partial charge on any atom is -0.490 e. The maximum atomic E-state index is 5.82. The molecule has 2 atom stereocenters. The summed E-state index contributed by atoms with van der Waals surface area (Å²) in [5.41, 5.74) is 1.34. The lowest BCUT2D eigenvalue weighted by molar-refractivity contribution is 0.106. The van der Waals surface area contributed by atoms with Crippen molar-refractivity contribution < 1.29 is 9.47 Å². The standard InChI is InChI=1S/C18H29NO2/c1-4-13-19-18(12-5-14(2)20-3)15-6-8-16(9-7-15)21-17-10-11-17/h6-9,14,17-19H,4-5,10-13H2,1-3H3. The molecule has 0 aliphatic heterocycles. The molecule has 0 amide bonds. The van der Waals surface area contributed by atoms with E-state index >= 15 is 0 Å². The number of nitrogens with one attached hydrogen (secondary N) is 1. The summed E-state index contributed by atoms with van der Waals surface area (Å²) in [5, 5.41) is 3.64. The van der Waals surface area contributed by atoms with E-state index in [1.165, 1.54) is 18.4 Å². The van der Waals surface area contributed by atoms with Crippen LogP contribution in [0.25, 0.3) is 0 Å². The maximum Gasteiger partial charge on any atom is 0.119 e. The van der Waals surface area contributed by atoms with Gasteiger partial charge in [0.25, 0.3) is 0 Å². The smallest absolute Gasteiger partial charge is 0.119 e. The highest BCUT2D eigenvalue weighted by Gasteiger charge is 2.23. The van der Waals surface area contributed by atoms with E-state index < -0.39 is 0 Å². The predicted octanol–water partition coefficient (Wildman–Crippen LogP) is 4.08. The summed E-state index contributed by atoms with van der Waals surface area (Å²) >= 11 is 0. The lowest BCUT2D eigenvalue weighted by atomic mass is 10.00. The van der Waals surface area contributed by atoms with Gasteiger partial charge in [-0.1, -0.05) is 19.1 Å². The molecule has 1 aliphatic carbocycles. The van der Waals surface area contributed by atoms with Crippen molar-refractivity contribution in [1.82, 2.24) is 5.32 Å². The summed E-state index contributed by atoms with van der Waals surface area (Å²) in [7, 11) is 1.78. The van der Waals surface area contributed by atoms with E-state index in [2.05, 4.69) is 43.4 Å². The highest BCUT2D eigenvalue weighted by Crippen LogP contribution is 2.28. The molecule has 1 aliphatic rings. The third kappa shape index (κ3) is 5.68. The number of ether oxygens (including phenoxy) is 2. The van der Waals surface area contributed by atoms with E-state index in [4.69, 9.17) is 9.47 Å². The Morgan fingerprint density at radius 3 is 2.48 bits per heavy atom. The second kappa shape index (κ2) is 8.40. The molecule has 0 bridgehead atoms. The lowest BCUT2D eigenvalue weighted by Crippen LogP contribution is -2.23. The molecule has 0 spiro atoms. The molecule has 118 valence electrons. The fraction of sp³-hybridized carbons (Fsp3) is 0.667. The van der Waals surface area contributed by atoms with Gasteiger partial charge in [0.2, 0.25) is 0 Å². The molecule has 21 heavy (non-hydrogen) atoms. The van der Waals surface area contributed by atoms with Gasteiger partial charge in [-0.2, -0.15) is 0 Å². The Bertz CT molecular complexity index is 400. The molecule has 0 aromatic heterocycles. The van der Waals surface area contributed by atoms with Crippen LogP contribution in [0.4, 0.5) is 0 Å². The first-order valence-corrected chi connectivity index (χ1v) is 8.25. The molecule has 1 fully saturated rings. The van der Waals surface area contributed by atoms with Gasteiger partial charge in [0.1, 0.15) is 5.75 Å². The van der Waals surface area contributed by atoms with Gasteiger partial charge in [0.15, 0.2) is 0 Å². The van der Waals surface area contributed by atoms with E-state index in [1.54, 1.807) is 7.11 Å². The zero-order valence-corrected chi connectivity index (χ0v) is 13.6. The average Bonchev–Trinajstić information content (AvgIpc) is 3.32. The zero-order chi connectivity index (χ0) is 15.1. The van der Waals surface area contributed by atoms with Crippen molar-refractivity contribution in [1.29, 1.82) is 0 Å². The number of benzene rings is 1. The van der Waals surface area contributed by atoms with Gasteiger partial charge in [-0.15, -0.1) is 0 Å². The Labute approximate surface area is 129 Å². The van der Waals surface area contributed by atoms with E-state index in [9.17, 15) is 0 Å². The first-order valence-electron chi connectivity index (χ1n) is 8.25. The van der Waals surface area contributed by atoms with E-state index in [0.717, 1.165) is 31.6 Å². The largest absolute Gasteiger partial charge is 0.490 e. The molecule has 1 saturated carbocycles. The minimum absolute atomic E-state index is 0.313. The van der Waals surface area contributed by atoms with Crippen molar-refractivity contribution in [2.75, 3.05) is 13.7 Å². The van der Waals surface area contributed by atoms with Gasteiger partial charge in [-0.3, -0.25) is 0 Å². The normalized spacial score (nSPS) is 17.5. The Morgan fingerprint density at radius 1 is 1.19 bits per heavy atom. The Morgan fingerprint density at radius 2 is 1.90 bits per heavy atom. The molecule has 0 radical (unpaired) electrons. The van der Waals surface area contributed by atoms with Crippen LogP contribution in [0.5, 0.6) is 5.75 Å². The molecule has 2 rings (SSSR count). The van der Waals surface area contributed by atoms with Gasteiger partial charge in [0, 0.05) is 13.2 Å². The quantitative estimate of drug-likeness (QED) is 0.704. The molecule has 3 heteroatoms. The second-order valence-corrected chi connectivity index (χ2v) is 6.02. The van der Waals surface area contributed by atoms with Crippen LogP contribution in [-0.4, -0.2) is 25.9 Å². The average molecular weight is 291 g/mol.